The SMILES string of the molecule is CCCCCCCCCCc1ccc(-c2ccc(OCC(CC)C[C@@](F)(C(=O)O)C3CCCCC3)c(Cl)c2)nc1. The van der Waals surface area contributed by atoms with E-state index >= 15 is 4.39 Å². The minimum Gasteiger partial charge on any atom is -0.492 e. The van der Waals surface area contributed by atoms with Gasteiger partial charge in [-0.2, -0.15) is 0 Å². The number of nitrogens with zero attached hydrogens (tertiary/aromatic N) is 1. The number of aromatic nitrogens is 1. The van der Waals surface area contributed by atoms with Crippen LogP contribution in [0.5, 0.6) is 5.75 Å². The number of carbonyl (C=O) groups is 1. The Bertz CT molecular complexity index is 1020. The molecule has 1 heterocycles. The fraction of sp³-hybridized carbons (Fsp3) is 0.647. The van der Waals surface area contributed by atoms with Crippen molar-refractivity contribution in [1.29, 1.82) is 0 Å². The van der Waals surface area contributed by atoms with Crippen molar-refractivity contribution >= 4 is 17.6 Å². The molecule has 1 fully saturated rings. The summed E-state index contributed by atoms with van der Waals surface area (Å²) in [6.07, 6.45) is 18.3. The van der Waals surface area contributed by atoms with Crippen molar-refractivity contribution in [2.75, 3.05) is 6.61 Å². The molecule has 1 aromatic heterocycles. The molecule has 1 aliphatic rings. The quantitative estimate of drug-likeness (QED) is 0.180. The molecule has 1 unspecified atom stereocenters. The van der Waals surface area contributed by atoms with Gasteiger partial charge >= 0.3 is 5.97 Å². The topological polar surface area (TPSA) is 59.4 Å². The van der Waals surface area contributed by atoms with Crippen LogP contribution in [0.15, 0.2) is 36.5 Å². The van der Waals surface area contributed by atoms with Crippen molar-refractivity contribution in [1.82, 2.24) is 4.98 Å². The molecule has 0 saturated heterocycles. The van der Waals surface area contributed by atoms with Gasteiger partial charge in [0.1, 0.15) is 5.75 Å². The van der Waals surface area contributed by atoms with E-state index in [9.17, 15) is 9.90 Å². The molecule has 0 radical (unpaired) electrons. The van der Waals surface area contributed by atoms with Gasteiger partial charge in [-0.05, 0) is 74.3 Å². The highest BCUT2D eigenvalue weighted by molar-refractivity contribution is 6.32. The van der Waals surface area contributed by atoms with E-state index in [1.54, 1.807) is 0 Å². The molecule has 0 bridgehead atoms. The van der Waals surface area contributed by atoms with Crippen LogP contribution in [0.25, 0.3) is 11.3 Å². The first-order valence-corrected chi connectivity index (χ1v) is 16.0. The standard InChI is InChI=1S/C34H49ClFNO3/c1-3-5-6-7-8-9-10-12-15-27-18-20-31(37-24-27)28-19-21-32(30(35)22-28)40-25-26(4-2)23-34(36,33(38)39)29-16-13-11-14-17-29/h18-22,24,26,29H,3-17,23,25H2,1-2H3,(H,38,39)/t26?,34-/m0/s1. The summed E-state index contributed by atoms with van der Waals surface area (Å²) >= 11 is 6.56. The summed E-state index contributed by atoms with van der Waals surface area (Å²) in [6, 6.07) is 9.78. The van der Waals surface area contributed by atoms with Crippen molar-refractivity contribution in [3.05, 3.63) is 47.1 Å². The molecule has 1 aliphatic carbocycles. The molecule has 1 N–H and O–H groups in total. The number of hydrogen-bond donors (Lipinski definition) is 1. The highest BCUT2D eigenvalue weighted by Crippen LogP contribution is 2.40. The smallest absolute Gasteiger partial charge is 0.341 e. The summed E-state index contributed by atoms with van der Waals surface area (Å²) in [5.41, 5.74) is 0.819. The molecule has 0 amide bonds. The zero-order valence-electron chi connectivity index (χ0n) is 24.6. The fourth-order valence-corrected chi connectivity index (χ4v) is 6.16. The summed E-state index contributed by atoms with van der Waals surface area (Å²) in [4.78, 5) is 16.6. The second kappa shape index (κ2) is 17.0. The maximum atomic E-state index is 15.8. The molecule has 0 spiro atoms. The molecule has 1 aromatic carbocycles. The lowest BCUT2D eigenvalue weighted by atomic mass is 9.74. The van der Waals surface area contributed by atoms with Crippen molar-refractivity contribution < 1.29 is 19.0 Å². The van der Waals surface area contributed by atoms with E-state index in [0.29, 0.717) is 30.0 Å². The van der Waals surface area contributed by atoms with Gasteiger partial charge in [-0.15, -0.1) is 0 Å². The summed E-state index contributed by atoms with van der Waals surface area (Å²) in [5.74, 6) is -1.45. The Morgan fingerprint density at radius 2 is 1.75 bits per heavy atom. The van der Waals surface area contributed by atoms with E-state index in [4.69, 9.17) is 16.3 Å². The van der Waals surface area contributed by atoms with Crippen molar-refractivity contribution in [3.63, 3.8) is 0 Å². The number of aryl methyl sites for hydroxylation is 1. The Morgan fingerprint density at radius 3 is 2.35 bits per heavy atom. The lowest BCUT2D eigenvalue weighted by molar-refractivity contribution is -0.158. The van der Waals surface area contributed by atoms with Crippen molar-refractivity contribution in [2.24, 2.45) is 11.8 Å². The zero-order valence-corrected chi connectivity index (χ0v) is 25.4. The Hall–Kier alpha value is -2.14. The van der Waals surface area contributed by atoms with E-state index in [1.165, 1.54) is 56.9 Å². The van der Waals surface area contributed by atoms with Crippen LogP contribution in [0.1, 0.15) is 116 Å². The largest absolute Gasteiger partial charge is 0.492 e. The summed E-state index contributed by atoms with van der Waals surface area (Å²) in [7, 11) is 0. The van der Waals surface area contributed by atoms with Crippen LogP contribution in [0, 0.1) is 11.8 Å². The third kappa shape index (κ3) is 9.75. The molecule has 2 atom stereocenters. The first-order chi connectivity index (χ1) is 19.4. The molecule has 4 nitrogen and oxygen atoms in total. The predicted octanol–water partition coefficient (Wildman–Crippen LogP) is 10.3. The van der Waals surface area contributed by atoms with Crippen LogP contribution < -0.4 is 4.74 Å². The number of unbranched alkanes of at least 4 members (excludes halogenated alkanes) is 7. The minimum atomic E-state index is -2.20. The monoisotopic (exact) mass is 573 g/mol. The molecule has 6 heteroatoms. The zero-order chi connectivity index (χ0) is 28.8. The van der Waals surface area contributed by atoms with Crippen molar-refractivity contribution in [2.45, 2.75) is 122 Å². The first kappa shape index (κ1) is 32.4. The number of pyridine rings is 1. The van der Waals surface area contributed by atoms with E-state index < -0.39 is 17.6 Å². The van der Waals surface area contributed by atoms with Gasteiger partial charge in [-0.1, -0.05) is 95.7 Å². The Balaban J connectivity index is 1.50. The van der Waals surface area contributed by atoms with Crippen LogP contribution in [0.2, 0.25) is 5.02 Å². The number of rotatable bonds is 18. The van der Waals surface area contributed by atoms with E-state index in [0.717, 1.165) is 36.9 Å². The maximum Gasteiger partial charge on any atom is 0.341 e. The van der Waals surface area contributed by atoms with Crippen LogP contribution in [0.3, 0.4) is 0 Å². The van der Waals surface area contributed by atoms with E-state index in [1.807, 2.05) is 37.4 Å². The maximum absolute atomic E-state index is 15.8. The molecule has 222 valence electrons. The van der Waals surface area contributed by atoms with Gasteiger partial charge in [0, 0.05) is 17.7 Å². The molecular weight excluding hydrogens is 525 g/mol. The fourth-order valence-electron chi connectivity index (χ4n) is 5.92. The number of halogens is 2. The molecular formula is C34H49ClFNO3. The lowest BCUT2D eigenvalue weighted by Gasteiger charge is -2.35. The van der Waals surface area contributed by atoms with Gasteiger partial charge in [0.05, 0.1) is 17.3 Å². The summed E-state index contributed by atoms with van der Waals surface area (Å²) < 4.78 is 21.8. The predicted molar refractivity (Wildman–Crippen MR) is 163 cm³/mol. The first-order valence-electron chi connectivity index (χ1n) is 15.7. The molecule has 1 saturated carbocycles. The van der Waals surface area contributed by atoms with Crippen LogP contribution in [-0.2, 0) is 11.2 Å². The highest BCUT2D eigenvalue weighted by atomic mass is 35.5. The minimum absolute atomic E-state index is 0.0333. The van der Waals surface area contributed by atoms with Gasteiger partial charge in [0.25, 0.3) is 0 Å². The average Bonchev–Trinajstić information content (AvgIpc) is 2.97. The number of carboxylic acids is 1. The Kier molecular flexibility index (Phi) is 13.7. The molecule has 40 heavy (non-hydrogen) atoms. The number of hydrogen-bond acceptors (Lipinski definition) is 3. The van der Waals surface area contributed by atoms with Crippen LogP contribution in [-0.4, -0.2) is 28.3 Å². The van der Waals surface area contributed by atoms with Gasteiger partial charge < -0.3 is 9.84 Å². The number of ether oxygens (including phenoxy) is 1. The third-order valence-electron chi connectivity index (χ3n) is 8.62. The second-order valence-corrected chi connectivity index (χ2v) is 12.1. The number of aliphatic carboxylic acids is 1. The summed E-state index contributed by atoms with van der Waals surface area (Å²) in [5, 5.41) is 10.2. The molecule has 2 aromatic rings. The second-order valence-electron chi connectivity index (χ2n) is 11.7. The van der Waals surface area contributed by atoms with Gasteiger partial charge in [-0.25, -0.2) is 9.18 Å². The van der Waals surface area contributed by atoms with E-state index in [-0.39, 0.29) is 18.9 Å². The van der Waals surface area contributed by atoms with Crippen molar-refractivity contribution in [3.8, 4) is 17.0 Å². The van der Waals surface area contributed by atoms with Gasteiger partial charge in [-0.3, -0.25) is 4.98 Å². The normalized spacial score (nSPS) is 16.4. The van der Waals surface area contributed by atoms with E-state index in [2.05, 4.69) is 18.0 Å². The number of carboxylic acid groups (broad SMARTS) is 1. The molecule has 3 rings (SSSR count). The average molecular weight is 574 g/mol. The molecule has 0 aliphatic heterocycles. The Morgan fingerprint density at radius 1 is 1.05 bits per heavy atom. The number of benzene rings is 1. The van der Waals surface area contributed by atoms with Gasteiger partial charge in [0.15, 0.2) is 0 Å². The highest BCUT2D eigenvalue weighted by Gasteiger charge is 2.47. The van der Waals surface area contributed by atoms with Crippen LogP contribution >= 0.6 is 11.6 Å². The number of alkyl halides is 1. The summed E-state index contributed by atoms with van der Waals surface area (Å²) in [6.45, 7) is 4.43. The van der Waals surface area contributed by atoms with Gasteiger partial charge in [0.2, 0.25) is 5.67 Å². The Labute approximate surface area is 246 Å². The third-order valence-corrected chi connectivity index (χ3v) is 8.91. The van der Waals surface area contributed by atoms with Crippen LogP contribution in [0.4, 0.5) is 4.39 Å². The lowest BCUT2D eigenvalue weighted by Crippen LogP contribution is -2.44.